The Kier molecular flexibility index (Phi) is 5.61. The molecule has 1 spiro atoms. The quantitative estimate of drug-likeness (QED) is 0.733. The number of amides is 3. The molecule has 6 nitrogen and oxygen atoms in total. The average molecular weight is 398 g/mol. The molecule has 1 aliphatic carbocycles. The maximum absolute atomic E-state index is 12.9. The number of para-hydroxylation sites is 1. The van der Waals surface area contributed by atoms with Crippen molar-refractivity contribution in [3.8, 4) is 0 Å². The first-order valence-electron chi connectivity index (χ1n) is 10.9. The number of rotatable bonds is 4. The molecule has 0 bridgehead atoms. The van der Waals surface area contributed by atoms with E-state index in [4.69, 9.17) is 0 Å². The van der Waals surface area contributed by atoms with Crippen LogP contribution in [0.2, 0.25) is 0 Å². The van der Waals surface area contributed by atoms with Crippen LogP contribution in [-0.2, 0) is 14.4 Å². The van der Waals surface area contributed by atoms with Crippen molar-refractivity contribution >= 4 is 23.4 Å². The van der Waals surface area contributed by atoms with Gasteiger partial charge in [-0.3, -0.25) is 19.3 Å². The maximum Gasteiger partial charge on any atom is 0.235 e. The molecule has 0 radical (unpaired) electrons. The second-order valence-corrected chi connectivity index (χ2v) is 8.77. The Morgan fingerprint density at radius 3 is 2.38 bits per heavy atom. The second-order valence-electron chi connectivity index (χ2n) is 8.77. The molecule has 0 atom stereocenters. The normalized spacial score (nSPS) is 21.9. The minimum Gasteiger partial charge on any atom is -0.368 e. The van der Waals surface area contributed by atoms with Crippen molar-refractivity contribution in [2.24, 2.45) is 5.41 Å². The largest absolute Gasteiger partial charge is 0.368 e. The maximum atomic E-state index is 12.9. The van der Waals surface area contributed by atoms with Gasteiger partial charge in [0, 0.05) is 51.3 Å². The molecule has 3 aliphatic rings. The highest BCUT2D eigenvalue weighted by atomic mass is 16.2. The summed E-state index contributed by atoms with van der Waals surface area (Å²) in [5.74, 6) is -0.0759. The molecule has 1 aromatic rings. The van der Waals surface area contributed by atoms with Crippen molar-refractivity contribution in [2.75, 3.05) is 37.6 Å². The molecule has 2 heterocycles. The van der Waals surface area contributed by atoms with Gasteiger partial charge in [0.05, 0.1) is 5.41 Å². The van der Waals surface area contributed by atoms with Crippen LogP contribution in [0.1, 0.15) is 50.5 Å². The number of carbonyl (C=O) groups is 3. The first-order valence-corrected chi connectivity index (χ1v) is 10.9. The molecule has 3 amide bonds. The number of imide groups is 1. The molecule has 1 aromatic carbocycles. The highest BCUT2D eigenvalue weighted by Crippen LogP contribution is 2.45. The van der Waals surface area contributed by atoms with Gasteiger partial charge in [0.25, 0.3) is 0 Å². The van der Waals surface area contributed by atoms with E-state index in [0.29, 0.717) is 19.5 Å². The third-order valence-electron chi connectivity index (χ3n) is 6.94. The Morgan fingerprint density at radius 1 is 1.00 bits per heavy atom. The lowest BCUT2D eigenvalue weighted by Crippen LogP contribution is -2.49. The van der Waals surface area contributed by atoms with Gasteiger partial charge in [-0.15, -0.1) is 0 Å². The van der Waals surface area contributed by atoms with Crippen LogP contribution in [0.15, 0.2) is 24.3 Å². The van der Waals surface area contributed by atoms with Crippen molar-refractivity contribution in [1.29, 1.82) is 0 Å². The van der Waals surface area contributed by atoms with E-state index in [1.165, 1.54) is 16.2 Å². The molecule has 0 N–H and O–H groups in total. The van der Waals surface area contributed by atoms with E-state index in [0.717, 1.165) is 45.2 Å². The molecule has 29 heavy (non-hydrogen) atoms. The number of benzene rings is 1. The van der Waals surface area contributed by atoms with Crippen molar-refractivity contribution in [2.45, 2.75) is 51.9 Å². The average Bonchev–Trinajstić information content (AvgIpc) is 2.96. The van der Waals surface area contributed by atoms with E-state index in [1.54, 1.807) is 0 Å². The van der Waals surface area contributed by atoms with Gasteiger partial charge in [-0.2, -0.15) is 0 Å². The molecule has 0 unspecified atom stereocenters. The van der Waals surface area contributed by atoms with Crippen molar-refractivity contribution in [3.63, 3.8) is 0 Å². The van der Waals surface area contributed by atoms with Crippen LogP contribution < -0.4 is 4.90 Å². The summed E-state index contributed by atoms with van der Waals surface area (Å²) in [6.45, 7) is 5.31. The fraction of sp³-hybridized carbons (Fsp3) is 0.609. The summed E-state index contributed by atoms with van der Waals surface area (Å²) in [6, 6.07) is 8.31. The van der Waals surface area contributed by atoms with Gasteiger partial charge in [0.2, 0.25) is 17.7 Å². The topological polar surface area (TPSA) is 60.9 Å². The highest BCUT2D eigenvalue weighted by Gasteiger charge is 2.51. The lowest BCUT2D eigenvalue weighted by atomic mass is 9.73. The molecule has 4 rings (SSSR count). The fourth-order valence-corrected chi connectivity index (χ4v) is 5.19. The summed E-state index contributed by atoms with van der Waals surface area (Å²) < 4.78 is 0. The number of nitrogens with zero attached hydrogens (tertiary/aromatic N) is 3. The molecule has 156 valence electrons. The number of hydrogen-bond acceptors (Lipinski definition) is 4. The first-order chi connectivity index (χ1) is 14.0. The second kappa shape index (κ2) is 8.17. The van der Waals surface area contributed by atoms with Gasteiger partial charge >= 0.3 is 0 Å². The van der Waals surface area contributed by atoms with Gasteiger partial charge in [-0.25, -0.2) is 0 Å². The molecular formula is C23H31N3O3. The van der Waals surface area contributed by atoms with Crippen LogP contribution in [-0.4, -0.2) is 60.2 Å². The summed E-state index contributed by atoms with van der Waals surface area (Å²) in [5.41, 5.74) is 2.01. The monoisotopic (exact) mass is 397 g/mol. The van der Waals surface area contributed by atoms with E-state index in [9.17, 15) is 14.4 Å². The Morgan fingerprint density at radius 2 is 1.69 bits per heavy atom. The Bertz CT molecular complexity index is 792. The van der Waals surface area contributed by atoms with Crippen LogP contribution in [0.4, 0.5) is 5.69 Å². The van der Waals surface area contributed by atoms with Gasteiger partial charge in [0.1, 0.15) is 0 Å². The summed E-state index contributed by atoms with van der Waals surface area (Å²) in [7, 11) is 0. The van der Waals surface area contributed by atoms with Crippen LogP contribution in [0, 0.1) is 12.3 Å². The number of piperazine rings is 1. The smallest absolute Gasteiger partial charge is 0.235 e. The fourth-order valence-electron chi connectivity index (χ4n) is 5.19. The molecule has 2 aliphatic heterocycles. The highest BCUT2D eigenvalue weighted by molar-refractivity contribution is 6.06. The number of likely N-dealkylation sites (tertiary alicyclic amines) is 1. The lowest BCUT2D eigenvalue weighted by molar-refractivity contribution is -0.143. The summed E-state index contributed by atoms with van der Waals surface area (Å²) in [6.07, 6.45) is 5.42. The third-order valence-corrected chi connectivity index (χ3v) is 6.94. The van der Waals surface area contributed by atoms with Gasteiger partial charge < -0.3 is 9.80 Å². The number of hydrogen-bond donors (Lipinski definition) is 0. The first kappa shape index (κ1) is 19.9. The van der Waals surface area contributed by atoms with Crippen LogP contribution in [0.3, 0.4) is 0 Å². The molecule has 0 aromatic heterocycles. The minimum atomic E-state index is -0.461. The third kappa shape index (κ3) is 3.89. The molecule has 1 saturated carbocycles. The van der Waals surface area contributed by atoms with Crippen molar-refractivity contribution in [1.82, 2.24) is 9.80 Å². The number of carbonyl (C=O) groups excluding carboxylic acids is 3. The predicted molar refractivity (Wildman–Crippen MR) is 111 cm³/mol. The van der Waals surface area contributed by atoms with Crippen molar-refractivity contribution < 1.29 is 14.4 Å². The molecule has 2 saturated heterocycles. The zero-order valence-corrected chi connectivity index (χ0v) is 17.4. The number of aryl methyl sites for hydroxylation is 1. The molecular weight excluding hydrogens is 366 g/mol. The van der Waals surface area contributed by atoms with Crippen LogP contribution in [0.25, 0.3) is 0 Å². The van der Waals surface area contributed by atoms with Crippen LogP contribution in [0.5, 0.6) is 0 Å². The predicted octanol–water partition coefficient (Wildman–Crippen LogP) is 2.74. The Hall–Kier alpha value is -2.37. The summed E-state index contributed by atoms with van der Waals surface area (Å²) >= 11 is 0. The zero-order chi connectivity index (χ0) is 20.4. The van der Waals surface area contributed by atoms with Gasteiger partial charge in [0.15, 0.2) is 0 Å². The Labute approximate surface area is 172 Å². The standard InChI is InChI=1S/C23H31N3O3/c1-18-7-3-4-8-19(18)24-13-15-25(16-14-24)20(27)9-12-26-21(28)17-23(22(26)29)10-5-2-6-11-23/h3-4,7-8H,2,5-6,9-17H2,1H3. The van der Waals surface area contributed by atoms with Gasteiger partial charge in [-0.1, -0.05) is 37.5 Å². The zero-order valence-electron chi connectivity index (χ0n) is 17.4. The number of anilines is 1. The van der Waals surface area contributed by atoms with E-state index < -0.39 is 5.41 Å². The SMILES string of the molecule is Cc1ccccc1N1CCN(C(=O)CCN2C(=O)CC3(CCCCC3)C2=O)CC1. The van der Waals surface area contributed by atoms with Crippen molar-refractivity contribution in [3.05, 3.63) is 29.8 Å². The van der Waals surface area contributed by atoms with Gasteiger partial charge in [-0.05, 0) is 31.4 Å². The van der Waals surface area contributed by atoms with E-state index in [2.05, 4.69) is 24.0 Å². The van der Waals surface area contributed by atoms with E-state index >= 15 is 0 Å². The summed E-state index contributed by atoms with van der Waals surface area (Å²) in [4.78, 5) is 43.6. The Balaban J connectivity index is 1.29. The molecule has 3 fully saturated rings. The summed E-state index contributed by atoms with van der Waals surface area (Å²) in [5, 5.41) is 0. The minimum absolute atomic E-state index is 0.0284. The van der Waals surface area contributed by atoms with Crippen LogP contribution >= 0.6 is 0 Å². The lowest BCUT2D eigenvalue weighted by Gasteiger charge is -2.37. The van der Waals surface area contributed by atoms with E-state index in [1.807, 2.05) is 17.0 Å². The molecule has 6 heteroatoms. The van der Waals surface area contributed by atoms with E-state index in [-0.39, 0.29) is 30.7 Å².